The summed E-state index contributed by atoms with van der Waals surface area (Å²) in [4.78, 5) is 4.12. The molecule has 0 aliphatic carbocycles. The molecule has 0 saturated carbocycles. The number of nitrogens with two attached hydrogens (primary N) is 1. The first-order chi connectivity index (χ1) is 9.83. The molecular weight excluding hydrogens is 297 g/mol. The van der Waals surface area contributed by atoms with Gasteiger partial charge in [0, 0.05) is 12.7 Å². The molecule has 2 rings (SSSR count). The molecule has 0 spiro atoms. The zero-order valence-electron chi connectivity index (χ0n) is 11.5. The van der Waals surface area contributed by atoms with Crippen LogP contribution in [0.15, 0.2) is 28.8 Å². The summed E-state index contributed by atoms with van der Waals surface area (Å²) in [5, 5.41) is 3.77. The van der Waals surface area contributed by atoms with Crippen molar-refractivity contribution in [3.05, 3.63) is 47.4 Å². The van der Waals surface area contributed by atoms with Gasteiger partial charge in [-0.25, -0.2) is 12.8 Å². The first-order valence-corrected chi connectivity index (χ1v) is 8.40. The van der Waals surface area contributed by atoms with Crippen LogP contribution in [0.1, 0.15) is 29.7 Å². The lowest BCUT2D eigenvalue weighted by Crippen LogP contribution is -2.16. The fraction of sp³-hybridized carbons (Fsp3) is 0.385. The van der Waals surface area contributed by atoms with Gasteiger partial charge in [-0.2, -0.15) is 4.98 Å². The lowest BCUT2D eigenvalue weighted by molar-refractivity contribution is 0.349. The van der Waals surface area contributed by atoms with Crippen LogP contribution in [-0.4, -0.2) is 30.6 Å². The van der Waals surface area contributed by atoms with Crippen molar-refractivity contribution in [3.8, 4) is 0 Å². The molecule has 0 aliphatic rings. The van der Waals surface area contributed by atoms with E-state index in [1.165, 1.54) is 12.1 Å². The fourth-order valence-electron chi connectivity index (χ4n) is 1.78. The molecule has 0 saturated heterocycles. The van der Waals surface area contributed by atoms with E-state index in [9.17, 15) is 12.8 Å². The van der Waals surface area contributed by atoms with E-state index in [1.54, 1.807) is 12.1 Å². The Morgan fingerprint density at radius 3 is 2.86 bits per heavy atom. The second-order valence-corrected chi connectivity index (χ2v) is 7.14. The van der Waals surface area contributed by atoms with Crippen molar-refractivity contribution in [1.29, 1.82) is 0 Å². The van der Waals surface area contributed by atoms with Crippen LogP contribution < -0.4 is 5.73 Å². The van der Waals surface area contributed by atoms with E-state index >= 15 is 0 Å². The Morgan fingerprint density at radius 2 is 2.19 bits per heavy atom. The number of hydrogen-bond donors (Lipinski definition) is 1. The van der Waals surface area contributed by atoms with E-state index in [0.29, 0.717) is 17.8 Å². The molecule has 0 bridgehead atoms. The summed E-state index contributed by atoms with van der Waals surface area (Å²) in [7, 11) is -3.09. The first kappa shape index (κ1) is 15.6. The highest BCUT2D eigenvalue weighted by Gasteiger charge is 2.17. The van der Waals surface area contributed by atoms with Gasteiger partial charge in [0.25, 0.3) is 0 Å². The maximum absolute atomic E-state index is 13.1. The largest absolute Gasteiger partial charge is 0.338 e. The number of hydrogen-bond acceptors (Lipinski definition) is 6. The van der Waals surface area contributed by atoms with Crippen LogP contribution in [0.4, 0.5) is 4.39 Å². The molecule has 1 aromatic carbocycles. The highest BCUT2D eigenvalue weighted by molar-refractivity contribution is 7.90. The van der Waals surface area contributed by atoms with Crippen molar-refractivity contribution < 1.29 is 17.3 Å². The van der Waals surface area contributed by atoms with Crippen molar-refractivity contribution in [1.82, 2.24) is 10.1 Å². The van der Waals surface area contributed by atoms with Gasteiger partial charge >= 0.3 is 0 Å². The molecule has 114 valence electrons. The van der Waals surface area contributed by atoms with Crippen LogP contribution in [0.5, 0.6) is 0 Å². The summed E-state index contributed by atoms with van der Waals surface area (Å²) in [5.74, 6) is 0.187. The minimum absolute atomic E-state index is 0.0459. The van der Waals surface area contributed by atoms with Gasteiger partial charge in [-0.15, -0.1) is 0 Å². The highest BCUT2D eigenvalue weighted by Crippen LogP contribution is 2.14. The monoisotopic (exact) mass is 313 g/mol. The molecule has 2 N–H and O–H groups in total. The van der Waals surface area contributed by atoms with E-state index in [0.717, 1.165) is 6.26 Å². The summed E-state index contributed by atoms with van der Waals surface area (Å²) in [6.45, 7) is 0. The third-order valence-corrected chi connectivity index (χ3v) is 3.83. The summed E-state index contributed by atoms with van der Waals surface area (Å²) in [6.07, 6.45) is 1.67. The number of rotatable bonds is 6. The van der Waals surface area contributed by atoms with Gasteiger partial charge < -0.3 is 10.3 Å². The summed E-state index contributed by atoms with van der Waals surface area (Å²) in [6, 6.07) is 5.46. The van der Waals surface area contributed by atoms with Crippen LogP contribution in [-0.2, 0) is 16.3 Å². The Kier molecular flexibility index (Phi) is 4.69. The number of nitrogens with zero attached hydrogens (tertiary/aromatic N) is 2. The average molecular weight is 313 g/mol. The molecule has 2 aromatic rings. The Bertz CT molecular complexity index is 715. The molecule has 0 fully saturated rings. The number of sulfone groups is 1. The Balaban J connectivity index is 2.01. The van der Waals surface area contributed by atoms with E-state index in [-0.39, 0.29) is 23.9 Å². The lowest BCUT2D eigenvalue weighted by Gasteiger charge is -2.04. The van der Waals surface area contributed by atoms with Gasteiger partial charge in [-0.05, 0) is 24.1 Å². The third-order valence-electron chi connectivity index (χ3n) is 2.85. The number of benzene rings is 1. The van der Waals surface area contributed by atoms with Gasteiger partial charge in [-0.3, -0.25) is 0 Å². The molecule has 0 aliphatic heterocycles. The standard InChI is InChI=1S/C13H16FN3O3S/c1-21(18,19)6-5-11(15)13-16-12(17-20-13)8-9-3-2-4-10(14)7-9/h2-4,7,11H,5-6,8,15H2,1H3. The Morgan fingerprint density at radius 1 is 1.43 bits per heavy atom. The van der Waals surface area contributed by atoms with Crippen molar-refractivity contribution >= 4 is 9.84 Å². The van der Waals surface area contributed by atoms with Crippen molar-refractivity contribution in [2.24, 2.45) is 5.73 Å². The second-order valence-electron chi connectivity index (χ2n) is 4.88. The average Bonchev–Trinajstić information content (AvgIpc) is 2.83. The van der Waals surface area contributed by atoms with E-state index < -0.39 is 15.9 Å². The normalized spacial score (nSPS) is 13.3. The quantitative estimate of drug-likeness (QED) is 0.861. The predicted octanol–water partition coefficient (Wildman–Crippen LogP) is 1.23. The van der Waals surface area contributed by atoms with E-state index in [1.807, 2.05) is 0 Å². The smallest absolute Gasteiger partial charge is 0.243 e. The van der Waals surface area contributed by atoms with Crippen LogP contribution in [0.3, 0.4) is 0 Å². The summed E-state index contributed by atoms with van der Waals surface area (Å²) in [5.41, 5.74) is 6.53. The molecule has 0 radical (unpaired) electrons. The topological polar surface area (TPSA) is 99.1 Å². The van der Waals surface area contributed by atoms with E-state index in [2.05, 4.69) is 10.1 Å². The van der Waals surface area contributed by atoms with Crippen LogP contribution in [0, 0.1) is 5.82 Å². The molecule has 8 heteroatoms. The predicted molar refractivity (Wildman–Crippen MR) is 74.8 cm³/mol. The van der Waals surface area contributed by atoms with Gasteiger partial charge in [0.15, 0.2) is 5.82 Å². The number of halogens is 1. The molecule has 21 heavy (non-hydrogen) atoms. The zero-order valence-corrected chi connectivity index (χ0v) is 12.3. The van der Waals surface area contributed by atoms with E-state index in [4.69, 9.17) is 10.3 Å². The van der Waals surface area contributed by atoms with Crippen molar-refractivity contribution in [2.75, 3.05) is 12.0 Å². The number of aromatic nitrogens is 2. The summed E-state index contributed by atoms with van der Waals surface area (Å²) >= 11 is 0. The Labute approximate surface area is 122 Å². The Hall–Kier alpha value is -1.80. The zero-order chi connectivity index (χ0) is 15.5. The first-order valence-electron chi connectivity index (χ1n) is 6.34. The van der Waals surface area contributed by atoms with Crippen molar-refractivity contribution in [3.63, 3.8) is 0 Å². The third kappa shape index (κ3) is 4.91. The molecule has 6 nitrogen and oxygen atoms in total. The molecule has 0 amide bonds. The molecular formula is C13H16FN3O3S. The molecule has 1 unspecified atom stereocenters. The minimum atomic E-state index is -3.09. The van der Waals surface area contributed by atoms with Gasteiger partial charge in [0.05, 0.1) is 11.8 Å². The van der Waals surface area contributed by atoms with Gasteiger partial charge in [0.1, 0.15) is 15.7 Å². The second kappa shape index (κ2) is 6.31. The minimum Gasteiger partial charge on any atom is -0.338 e. The van der Waals surface area contributed by atoms with Gasteiger partial charge in [0.2, 0.25) is 5.89 Å². The highest BCUT2D eigenvalue weighted by atomic mass is 32.2. The maximum Gasteiger partial charge on any atom is 0.243 e. The van der Waals surface area contributed by atoms with Crippen LogP contribution >= 0.6 is 0 Å². The SMILES string of the molecule is CS(=O)(=O)CCC(N)c1nc(Cc2cccc(F)c2)no1. The molecule has 1 aromatic heterocycles. The lowest BCUT2D eigenvalue weighted by atomic mass is 10.1. The van der Waals surface area contributed by atoms with Crippen LogP contribution in [0.2, 0.25) is 0 Å². The van der Waals surface area contributed by atoms with Gasteiger partial charge in [-0.1, -0.05) is 17.3 Å². The van der Waals surface area contributed by atoms with Crippen molar-refractivity contribution in [2.45, 2.75) is 18.9 Å². The fourth-order valence-corrected chi connectivity index (χ4v) is 2.47. The molecule has 1 heterocycles. The molecule has 1 atom stereocenters. The summed E-state index contributed by atoms with van der Waals surface area (Å²) < 4.78 is 40.3. The van der Waals surface area contributed by atoms with Crippen LogP contribution in [0.25, 0.3) is 0 Å². The maximum atomic E-state index is 13.1.